The molecule has 0 atom stereocenters. The van der Waals surface area contributed by atoms with Crippen molar-refractivity contribution in [1.29, 1.82) is 0 Å². The Morgan fingerprint density at radius 1 is 0.444 bits per heavy atom. The number of amides is 4. The van der Waals surface area contributed by atoms with Crippen LogP contribution in [0.5, 0.6) is 0 Å². The molecule has 0 fully saturated rings. The van der Waals surface area contributed by atoms with Gasteiger partial charge < -0.3 is 21.3 Å². The van der Waals surface area contributed by atoms with Crippen LogP contribution in [0.3, 0.4) is 0 Å². The van der Waals surface area contributed by atoms with E-state index in [-0.39, 0.29) is 35.5 Å². The minimum Gasteiger partial charge on any atom is -0.326 e. The van der Waals surface area contributed by atoms with Crippen molar-refractivity contribution in [3.8, 4) is 0 Å². The molecule has 0 heterocycles. The van der Waals surface area contributed by atoms with E-state index >= 15 is 0 Å². The summed E-state index contributed by atoms with van der Waals surface area (Å²) in [7, 11) is 0. The molecule has 3 aromatic rings. The molecular weight excluding hydrogens is 456 g/mol. The van der Waals surface area contributed by atoms with Crippen LogP contribution in [-0.2, 0) is 9.59 Å². The van der Waals surface area contributed by atoms with Crippen LogP contribution < -0.4 is 21.3 Å². The zero-order valence-corrected chi connectivity index (χ0v) is 20.7. The van der Waals surface area contributed by atoms with E-state index in [2.05, 4.69) is 21.3 Å². The van der Waals surface area contributed by atoms with Gasteiger partial charge in [-0.05, 0) is 72.8 Å². The lowest BCUT2D eigenvalue weighted by molar-refractivity contribution is -0.119. The van der Waals surface area contributed by atoms with Gasteiger partial charge in [0.1, 0.15) is 0 Å². The lowest BCUT2D eigenvalue weighted by Gasteiger charge is -2.10. The molecule has 0 bridgehead atoms. The molecule has 4 N–H and O–H groups in total. The van der Waals surface area contributed by atoms with Gasteiger partial charge in [0.15, 0.2) is 0 Å². The van der Waals surface area contributed by atoms with Gasteiger partial charge in [-0.3, -0.25) is 19.2 Å². The van der Waals surface area contributed by atoms with Crippen molar-refractivity contribution in [2.75, 3.05) is 21.3 Å². The first kappa shape index (κ1) is 26.2. The standard InChI is InChI=1S/C28H30N4O4/c1-17(2)25(33)29-21-9-13-23(14-10-21)31-27(35)19-5-7-20(8-6-19)28(36)32-24-15-11-22(12-16-24)30-26(34)18(3)4/h5-18H,1-4H3,(H,29,33)(H,30,34)(H,31,35)(H,32,36). The van der Waals surface area contributed by atoms with Gasteiger partial charge in [-0.15, -0.1) is 0 Å². The first-order chi connectivity index (χ1) is 17.1. The van der Waals surface area contributed by atoms with E-state index < -0.39 is 0 Å². The normalized spacial score (nSPS) is 10.6. The second kappa shape index (κ2) is 11.8. The molecular formula is C28H30N4O4. The SMILES string of the molecule is CC(C)C(=O)Nc1ccc(NC(=O)c2ccc(C(=O)Nc3ccc(NC(=O)C(C)C)cc3)cc2)cc1. The summed E-state index contributed by atoms with van der Waals surface area (Å²) in [5, 5.41) is 11.2. The summed E-state index contributed by atoms with van der Waals surface area (Å²) in [5.41, 5.74) is 3.26. The molecule has 4 amide bonds. The second-order valence-corrected chi connectivity index (χ2v) is 8.93. The Bertz CT molecular complexity index is 1130. The third-order valence-electron chi connectivity index (χ3n) is 5.28. The molecule has 0 aliphatic heterocycles. The number of benzene rings is 3. The van der Waals surface area contributed by atoms with Crippen molar-refractivity contribution in [3.63, 3.8) is 0 Å². The summed E-state index contributed by atoms with van der Waals surface area (Å²) in [6, 6.07) is 20.0. The van der Waals surface area contributed by atoms with E-state index in [0.29, 0.717) is 33.9 Å². The van der Waals surface area contributed by atoms with Gasteiger partial charge in [0.05, 0.1) is 0 Å². The molecule has 36 heavy (non-hydrogen) atoms. The van der Waals surface area contributed by atoms with Crippen molar-refractivity contribution in [2.45, 2.75) is 27.7 Å². The number of rotatable bonds is 8. The Hall–Kier alpha value is -4.46. The molecule has 0 spiro atoms. The maximum Gasteiger partial charge on any atom is 0.255 e. The smallest absolute Gasteiger partial charge is 0.255 e. The number of hydrogen-bond acceptors (Lipinski definition) is 4. The van der Waals surface area contributed by atoms with E-state index in [9.17, 15) is 19.2 Å². The molecule has 3 aromatic carbocycles. The lowest BCUT2D eigenvalue weighted by Crippen LogP contribution is -2.18. The molecule has 186 valence electrons. The van der Waals surface area contributed by atoms with Crippen molar-refractivity contribution in [2.24, 2.45) is 11.8 Å². The number of carbonyl (C=O) groups excluding carboxylic acids is 4. The first-order valence-corrected chi connectivity index (χ1v) is 11.7. The van der Waals surface area contributed by atoms with Crippen LogP contribution in [0, 0.1) is 11.8 Å². The van der Waals surface area contributed by atoms with Crippen molar-refractivity contribution < 1.29 is 19.2 Å². The van der Waals surface area contributed by atoms with Gasteiger partial charge in [0.25, 0.3) is 11.8 Å². The topological polar surface area (TPSA) is 116 Å². The highest BCUT2D eigenvalue weighted by Gasteiger charge is 2.12. The van der Waals surface area contributed by atoms with E-state index in [0.717, 1.165) is 0 Å². The van der Waals surface area contributed by atoms with Crippen LogP contribution >= 0.6 is 0 Å². The van der Waals surface area contributed by atoms with E-state index in [1.807, 2.05) is 27.7 Å². The van der Waals surface area contributed by atoms with Gasteiger partial charge in [0.2, 0.25) is 11.8 Å². The average Bonchev–Trinajstić information content (AvgIpc) is 2.86. The molecule has 0 unspecified atom stereocenters. The van der Waals surface area contributed by atoms with Crippen molar-refractivity contribution in [3.05, 3.63) is 83.9 Å². The summed E-state index contributed by atoms with van der Waals surface area (Å²) in [6.45, 7) is 7.25. The highest BCUT2D eigenvalue weighted by molar-refractivity contribution is 6.07. The zero-order chi connectivity index (χ0) is 26.2. The molecule has 0 saturated carbocycles. The minimum absolute atomic E-state index is 0.0805. The third kappa shape index (κ3) is 7.27. The molecule has 0 saturated heterocycles. The zero-order valence-electron chi connectivity index (χ0n) is 20.7. The van der Waals surface area contributed by atoms with Gasteiger partial charge in [-0.25, -0.2) is 0 Å². The van der Waals surface area contributed by atoms with Crippen LogP contribution in [0.2, 0.25) is 0 Å². The molecule has 0 aliphatic rings. The molecule has 0 aliphatic carbocycles. The monoisotopic (exact) mass is 486 g/mol. The summed E-state index contributed by atoms with van der Waals surface area (Å²) in [6.07, 6.45) is 0. The van der Waals surface area contributed by atoms with Gasteiger partial charge in [0, 0.05) is 45.7 Å². The lowest BCUT2D eigenvalue weighted by atomic mass is 10.1. The molecule has 0 radical (unpaired) electrons. The fourth-order valence-corrected chi connectivity index (χ4v) is 3.03. The number of anilines is 4. The van der Waals surface area contributed by atoms with Crippen molar-refractivity contribution >= 4 is 46.4 Å². The maximum atomic E-state index is 12.6. The Labute approximate surface area is 210 Å². The molecule has 3 rings (SSSR count). The van der Waals surface area contributed by atoms with Gasteiger partial charge in [-0.2, -0.15) is 0 Å². The summed E-state index contributed by atoms with van der Waals surface area (Å²) < 4.78 is 0. The highest BCUT2D eigenvalue weighted by atomic mass is 16.2. The van der Waals surface area contributed by atoms with E-state index in [1.54, 1.807) is 72.8 Å². The quantitative estimate of drug-likeness (QED) is 0.342. The molecule has 0 aromatic heterocycles. The highest BCUT2D eigenvalue weighted by Crippen LogP contribution is 2.18. The Morgan fingerprint density at radius 3 is 0.944 bits per heavy atom. The van der Waals surface area contributed by atoms with Gasteiger partial charge in [-0.1, -0.05) is 27.7 Å². The van der Waals surface area contributed by atoms with E-state index in [1.165, 1.54) is 0 Å². The Kier molecular flexibility index (Phi) is 8.57. The number of carbonyl (C=O) groups is 4. The predicted molar refractivity (Wildman–Crippen MR) is 142 cm³/mol. The minimum atomic E-state index is -0.319. The molecule has 8 nitrogen and oxygen atoms in total. The second-order valence-electron chi connectivity index (χ2n) is 8.93. The Balaban J connectivity index is 1.55. The molecule has 8 heteroatoms. The van der Waals surface area contributed by atoms with Crippen LogP contribution in [0.1, 0.15) is 48.4 Å². The average molecular weight is 487 g/mol. The van der Waals surface area contributed by atoms with Crippen LogP contribution in [0.15, 0.2) is 72.8 Å². The largest absolute Gasteiger partial charge is 0.326 e. The summed E-state index contributed by atoms with van der Waals surface area (Å²) in [5.74, 6) is -1.05. The number of nitrogens with one attached hydrogen (secondary N) is 4. The van der Waals surface area contributed by atoms with Gasteiger partial charge >= 0.3 is 0 Å². The number of hydrogen-bond donors (Lipinski definition) is 4. The third-order valence-corrected chi connectivity index (χ3v) is 5.28. The van der Waals surface area contributed by atoms with Crippen LogP contribution in [0.4, 0.5) is 22.7 Å². The summed E-state index contributed by atoms with van der Waals surface area (Å²) >= 11 is 0. The van der Waals surface area contributed by atoms with Crippen LogP contribution in [-0.4, -0.2) is 23.6 Å². The predicted octanol–water partition coefficient (Wildman–Crippen LogP) is 5.38. The Morgan fingerprint density at radius 2 is 0.694 bits per heavy atom. The van der Waals surface area contributed by atoms with Crippen molar-refractivity contribution in [1.82, 2.24) is 0 Å². The van der Waals surface area contributed by atoms with E-state index in [4.69, 9.17) is 0 Å². The fraction of sp³-hybridized carbons (Fsp3) is 0.214. The maximum absolute atomic E-state index is 12.6. The summed E-state index contributed by atoms with van der Waals surface area (Å²) in [4.78, 5) is 48.7. The first-order valence-electron chi connectivity index (χ1n) is 11.7. The van der Waals surface area contributed by atoms with Crippen LogP contribution in [0.25, 0.3) is 0 Å². The fourth-order valence-electron chi connectivity index (χ4n) is 3.03.